The van der Waals surface area contributed by atoms with Gasteiger partial charge in [0, 0.05) is 34.6 Å². The number of hydrogen-bond donors (Lipinski definition) is 1. The van der Waals surface area contributed by atoms with Gasteiger partial charge in [0.2, 0.25) is 0 Å². The zero-order chi connectivity index (χ0) is 15.4. The fourth-order valence-corrected chi connectivity index (χ4v) is 5.32. The average Bonchev–Trinajstić information content (AvgIpc) is 2.57. The molecule has 1 saturated heterocycles. The van der Waals surface area contributed by atoms with Crippen LogP contribution in [0.25, 0.3) is 0 Å². The normalized spacial score (nSPS) is 24.6. The van der Waals surface area contributed by atoms with Crippen LogP contribution in [0.15, 0.2) is 54.9 Å². The molecule has 1 aromatic carbocycles. The van der Waals surface area contributed by atoms with Gasteiger partial charge >= 0.3 is 0 Å². The minimum atomic E-state index is -1.04. The lowest BCUT2D eigenvalue weighted by atomic mass is 9.92. The molecule has 2 atom stereocenters. The number of benzene rings is 1. The van der Waals surface area contributed by atoms with Gasteiger partial charge in [-0.15, -0.1) is 0 Å². The molecule has 0 saturated carbocycles. The fraction of sp³-hybridized carbons (Fsp3) is 0.294. The quantitative estimate of drug-likeness (QED) is 0.872. The third kappa shape index (κ3) is 2.83. The molecule has 1 unspecified atom stereocenters. The second-order valence-corrected chi connectivity index (χ2v) is 7.60. The summed E-state index contributed by atoms with van der Waals surface area (Å²) in [5.74, 6) is 0.686. The highest BCUT2D eigenvalue weighted by molar-refractivity contribution is 7.90. The summed E-state index contributed by atoms with van der Waals surface area (Å²) in [7, 11) is -1.04. The number of rotatable bonds is 3. The Bertz CT molecular complexity index is 676. The van der Waals surface area contributed by atoms with Crippen LogP contribution >= 0.6 is 12.2 Å². The van der Waals surface area contributed by atoms with E-state index < -0.39 is 15.5 Å². The van der Waals surface area contributed by atoms with Crippen LogP contribution in [0, 0.1) is 0 Å². The lowest BCUT2D eigenvalue weighted by Gasteiger charge is -2.37. The maximum Gasteiger partial charge on any atom is 0.122 e. The van der Waals surface area contributed by atoms with Crippen molar-refractivity contribution in [1.29, 1.82) is 0 Å². The summed E-state index contributed by atoms with van der Waals surface area (Å²) in [6, 6.07) is 13.7. The van der Waals surface area contributed by atoms with E-state index >= 15 is 0 Å². The van der Waals surface area contributed by atoms with Crippen molar-refractivity contribution < 1.29 is 4.21 Å². The van der Waals surface area contributed by atoms with Crippen molar-refractivity contribution in [2.75, 3.05) is 11.1 Å². The summed E-state index contributed by atoms with van der Waals surface area (Å²) in [5, 5.41) is 3.29. The summed E-state index contributed by atoms with van der Waals surface area (Å²) in [6.07, 6.45) is 6.34. The highest BCUT2D eigenvalue weighted by Gasteiger charge is 2.44. The first-order chi connectivity index (χ1) is 10.7. The Balaban J connectivity index is 1.99. The smallest absolute Gasteiger partial charge is 0.122 e. The molecule has 0 bridgehead atoms. The zero-order valence-corrected chi connectivity index (χ0v) is 13.8. The molecule has 1 fully saturated rings. The first-order valence-corrected chi connectivity index (χ1v) is 9.12. The van der Waals surface area contributed by atoms with Gasteiger partial charge in [-0.25, -0.2) is 0 Å². The fourth-order valence-electron chi connectivity index (χ4n) is 2.87. The van der Waals surface area contributed by atoms with Gasteiger partial charge in [-0.2, -0.15) is 0 Å². The molecular weight excluding hydrogens is 312 g/mol. The highest BCUT2D eigenvalue weighted by Crippen LogP contribution is 2.39. The molecule has 3 rings (SSSR count). The maximum atomic E-state index is 12.9. The number of hydrogen-bond acceptors (Lipinski definition) is 3. The van der Waals surface area contributed by atoms with Crippen molar-refractivity contribution in [3.63, 3.8) is 0 Å². The molecule has 1 aromatic heterocycles. The summed E-state index contributed by atoms with van der Waals surface area (Å²) in [5.41, 5.74) is 1.87. The van der Waals surface area contributed by atoms with Crippen molar-refractivity contribution >= 4 is 33.7 Å². The van der Waals surface area contributed by atoms with E-state index in [1.54, 1.807) is 12.4 Å². The van der Waals surface area contributed by atoms with Gasteiger partial charge in [-0.3, -0.25) is 9.19 Å². The van der Waals surface area contributed by atoms with Gasteiger partial charge in [0.1, 0.15) is 9.74 Å². The first kappa shape index (κ1) is 15.3. The Labute approximate surface area is 138 Å². The molecule has 2 aromatic rings. The largest absolute Gasteiger partial charge is 0.348 e. The van der Waals surface area contributed by atoms with Crippen molar-refractivity contribution in [2.45, 2.75) is 24.0 Å². The van der Waals surface area contributed by atoms with E-state index in [0.717, 1.165) is 30.5 Å². The second-order valence-electron chi connectivity index (χ2n) is 5.40. The number of anilines is 1. The van der Waals surface area contributed by atoms with Crippen LogP contribution in [0.2, 0.25) is 0 Å². The second kappa shape index (κ2) is 6.67. The Morgan fingerprint density at radius 2 is 2.00 bits per heavy atom. The number of nitrogens with zero attached hydrogens (tertiary/aromatic N) is 1. The molecule has 1 aliphatic heterocycles. The zero-order valence-electron chi connectivity index (χ0n) is 12.2. The Morgan fingerprint density at radius 1 is 1.18 bits per heavy atom. The van der Waals surface area contributed by atoms with Gasteiger partial charge in [0.05, 0.1) is 0 Å². The molecule has 2 heterocycles. The lowest BCUT2D eigenvalue weighted by molar-refractivity contribution is 0.579. The predicted octanol–water partition coefficient (Wildman–Crippen LogP) is 3.65. The van der Waals surface area contributed by atoms with E-state index in [2.05, 4.69) is 10.3 Å². The summed E-state index contributed by atoms with van der Waals surface area (Å²) >= 11 is 5.70. The van der Waals surface area contributed by atoms with Crippen molar-refractivity contribution in [3.8, 4) is 0 Å². The molecule has 22 heavy (non-hydrogen) atoms. The van der Waals surface area contributed by atoms with E-state index in [1.165, 1.54) is 0 Å². The van der Waals surface area contributed by atoms with Gasteiger partial charge < -0.3 is 5.32 Å². The molecule has 0 radical (unpaired) electrons. The van der Waals surface area contributed by atoms with Crippen LogP contribution in [0.5, 0.6) is 0 Å². The van der Waals surface area contributed by atoms with Crippen LogP contribution < -0.4 is 5.32 Å². The summed E-state index contributed by atoms with van der Waals surface area (Å²) in [6.45, 7) is 0. The molecule has 0 aliphatic carbocycles. The van der Waals surface area contributed by atoms with Gasteiger partial charge in [-0.1, -0.05) is 42.9 Å². The summed E-state index contributed by atoms with van der Waals surface area (Å²) in [4.78, 5) is 4.84. The van der Waals surface area contributed by atoms with E-state index in [9.17, 15) is 4.21 Å². The van der Waals surface area contributed by atoms with E-state index in [-0.39, 0.29) is 0 Å². The number of nitrogens with one attached hydrogen (secondary N) is 1. The SMILES string of the molecule is O=S1CCCC[C@]1(C(=S)Nc1ccccc1)c1cccnc1. The van der Waals surface area contributed by atoms with Crippen LogP contribution in [0.3, 0.4) is 0 Å². The first-order valence-electron chi connectivity index (χ1n) is 7.39. The van der Waals surface area contributed by atoms with Crippen LogP contribution in [0.4, 0.5) is 5.69 Å². The third-order valence-corrected chi connectivity index (χ3v) is 6.68. The van der Waals surface area contributed by atoms with Crippen LogP contribution in [-0.4, -0.2) is 19.9 Å². The van der Waals surface area contributed by atoms with Crippen LogP contribution in [-0.2, 0) is 15.5 Å². The molecule has 1 N–H and O–H groups in total. The maximum absolute atomic E-state index is 12.9. The third-order valence-electron chi connectivity index (χ3n) is 4.02. The van der Waals surface area contributed by atoms with Gasteiger partial charge in [0.15, 0.2) is 0 Å². The number of para-hydroxylation sites is 1. The minimum Gasteiger partial charge on any atom is -0.348 e. The van der Waals surface area contributed by atoms with Crippen molar-refractivity contribution in [2.24, 2.45) is 0 Å². The topological polar surface area (TPSA) is 42.0 Å². The van der Waals surface area contributed by atoms with Gasteiger partial charge in [-0.05, 0) is 36.6 Å². The lowest BCUT2D eigenvalue weighted by Crippen LogP contribution is -2.46. The standard InChI is InChI=1S/C17H18N2OS2/c20-22-12-5-4-10-17(22,14-7-6-11-18-13-14)16(21)19-15-8-2-1-3-9-15/h1-3,6-9,11,13H,4-5,10,12H2,(H,19,21)/t17-,22?/m1/s1. The van der Waals surface area contributed by atoms with Crippen molar-refractivity contribution in [3.05, 3.63) is 60.4 Å². The van der Waals surface area contributed by atoms with Crippen LogP contribution in [0.1, 0.15) is 24.8 Å². The molecule has 0 spiro atoms. The molecular formula is C17H18N2OS2. The number of thiocarbonyl (C=S) groups is 1. The molecule has 3 nitrogen and oxygen atoms in total. The Kier molecular flexibility index (Phi) is 4.64. The molecule has 0 amide bonds. The summed E-state index contributed by atoms with van der Waals surface area (Å²) < 4.78 is 12.3. The minimum absolute atomic E-state index is 0.627. The Hall–Kier alpha value is -1.59. The van der Waals surface area contributed by atoms with Gasteiger partial charge in [0.25, 0.3) is 0 Å². The van der Waals surface area contributed by atoms with E-state index in [0.29, 0.717) is 10.7 Å². The number of pyridine rings is 1. The molecule has 1 aliphatic rings. The average molecular weight is 330 g/mol. The number of aromatic nitrogens is 1. The van der Waals surface area contributed by atoms with Crippen molar-refractivity contribution in [1.82, 2.24) is 4.98 Å². The van der Waals surface area contributed by atoms with E-state index in [1.807, 2.05) is 42.5 Å². The highest BCUT2D eigenvalue weighted by atomic mass is 32.2. The monoisotopic (exact) mass is 330 g/mol. The molecule has 114 valence electrons. The molecule has 5 heteroatoms. The Morgan fingerprint density at radius 3 is 2.68 bits per heavy atom. The van der Waals surface area contributed by atoms with E-state index in [4.69, 9.17) is 12.2 Å². The predicted molar refractivity (Wildman–Crippen MR) is 95.4 cm³/mol.